The normalized spacial score (nSPS) is 10.5. The number of aryl methyl sites for hydroxylation is 3. The first-order valence-corrected chi connectivity index (χ1v) is 11.1. The van der Waals surface area contributed by atoms with E-state index in [4.69, 9.17) is 14.2 Å². The lowest BCUT2D eigenvalue weighted by atomic mass is 10.0. The van der Waals surface area contributed by atoms with Crippen LogP contribution in [0.15, 0.2) is 60.7 Å². The number of hydrogen-bond donors (Lipinski definition) is 0. The van der Waals surface area contributed by atoms with Crippen LogP contribution in [0.5, 0.6) is 17.2 Å². The highest BCUT2D eigenvalue weighted by atomic mass is 16.5. The lowest BCUT2D eigenvalue weighted by Crippen LogP contribution is -2.12. The number of para-hydroxylation sites is 3. The first kappa shape index (κ1) is 24.7. The second kappa shape index (κ2) is 11.3. The summed E-state index contributed by atoms with van der Waals surface area (Å²) >= 11 is 0. The van der Waals surface area contributed by atoms with E-state index in [0.29, 0.717) is 30.1 Å². The molecule has 0 aliphatic carbocycles. The third kappa shape index (κ3) is 6.54. The molecule has 0 aliphatic rings. The molecule has 176 valence electrons. The largest absolute Gasteiger partial charge is 0.426 e. The Labute approximate surface area is 199 Å². The Morgan fingerprint density at radius 1 is 0.647 bits per heavy atom. The molecule has 0 atom stereocenters. The van der Waals surface area contributed by atoms with Crippen LogP contribution in [0.1, 0.15) is 48.1 Å². The number of hydrogen-bond acceptors (Lipinski definition) is 6. The molecule has 0 aliphatic heterocycles. The van der Waals surface area contributed by atoms with Crippen LogP contribution in [0.4, 0.5) is 0 Å². The summed E-state index contributed by atoms with van der Waals surface area (Å²) in [5.74, 6) is 0.268. The minimum Gasteiger partial charge on any atom is -0.426 e. The average Bonchev–Trinajstić information content (AvgIpc) is 2.77. The van der Waals surface area contributed by atoms with E-state index in [1.807, 2.05) is 62.4 Å². The maximum Gasteiger partial charge on any atom is 0.311 e. The van der Waals surface area contributed by atoms with E-state index in [1.54, 1.807) is 12.1 Å². The smallest absolute Gasteiger partial charge is 0.311 e. The molecule has 0 amide bonds. The van der Waals surface area contributed by atoms with Crippen LogP contribution >= 0.6 is 0 Å². The Hall–Kier alpha value is -3.93. The summed E-state index contributed by atoms with van der Waals surface area (Å²) in [7, 11) is 0. The van der Waals surface area contributed by atoms with Crippen LogP contribution in [-0.2, 0) is 27.2 Å². The fourth-order valence-corrected chi connectivity index (χ4v) is 3.71. The van der Waals surface area contributed by atoms with Crippen molar-refractivity contribution in [3.63, 3.8) is 0 Å². The first-order valence-electron chi connectivity index (χ1n) is 11.1. The fraction of sp³-hybridized carbons (Fsp3) is 0.250. The molecule has 6 nitrogen and oxygen atoms in total. The van der Waals surface area contributed by atoms with Crippen LogP contribution in [0.25, 0.3) is 0 Å². The first-order chi connectivity index (χ1) is 16.2. The van der Waals surface area contributed by atoms with E-state index < -0.39 is 11.9 Å². The van der Waals surface area contributed by atoms with Crippen LogP contribution in [0.2, 0.25) is 0 Å². The maximum absolute atomic E-state index is 12.7. The van der Waals surface area contributed by atoms with Crippen LogP contribution in [0, 0.1) is 13.8 Å². The minimum absolute atomic E-state index is 0.120. The zero-order chi connectivity index (χ0) is 24.7. The lowest BCUT2D eigenvalue weighted by molar-refractivity contribution is -0.134. The molecule has 0 unspecified atom stereocenters. The quantitative estimate of drug-likeness (QED) is 0.336. The van der Waals surface area contributed by atoms with E-state index >= 15 is 0 Å². The van der Waals surface area contributed by atoms with Crippen LogP contribution < -0.4 is 14.2 Å². The molecule has 34 heavy (non-hydrogen) atoms. The van der Waals surface area contributed by atoms with Crippen molar-refractivity contribution in [3.05, 3.63) is 88.5 Å². The summed E-state index contributed by atoms with van der Waals surface area (Å²) in [5, 5.41) is 0. The number of benzene rings is 3. The van der Waals surface area contributed by atoms with Crippen molar-refractivity contribution in [2.45, 2.75) is 47.0 Å². The van der Waals surface area contributed by atoms with Gasteiger partial charge in [-0.2, -0.15) is 0 Å². The molecule has 0 N–H and O–H groups in total. The van der Waals surface area contributed by atoms with Crippen molar-refractivity contribution in [2.75, 3.05) is 0 Å². The molecular weight excluding hydrogens is 432 g/mol. The summed E-state index contributed by atoms with van der Waals surface area (Å²) in [4.78, 5) is 35.7. The molecule has 0 fully saturated rings. The third-order valence-electron chi connectivity index (χ3n) is 5.25. The van der Waals surface area contributed by atoms with Crippen LogP contribution in [0.3, 0.4) is 0 Å². The zero-order valence-electron chi connectivity index (χ0n) is 19.8. The molecule has 0 spiro atoms. The molecule has 0 saturated heterocycles. The summed E-state index contributed by atoms with van der Waals surface area (Å²) in [6.07, 6.45) is 0.928. The van der Waals surface area contributed by atoms with Crippen molar-refractivity contribution in [1.82, 2.24) is 0 Å². The Bertz CT molecular complexity index is 1210. The van der Waals surface area contributed by atoms with E-state index in [-0.39, 0.29) is 12.4 Å². The van der Waals surface area contributed by atoms with Gasteiger partial charge in [0.2, 0.25) is 0 Å². The van der Waals surface area contributed by atoms with Crippen molar-refractivity contribution < 1.29 is 28.6 Å². The van der Waals surface area contributed by atoms with Gasteiger partial charge in [0.1, 0.15) is 17.2 Å². The van der Waals surface area contributed by atoms with Crippen molar-refractivity contribution in [1.29, 1.82) is 0 Å². The van der Waals surface area contributed by atoms with Gasteiger partial charge in [-0.1, -0.05) is 54.6 Å². The van der Waals surface area contributed by atoms with Gasteiger partial charge in [0.05, 0.1) is 6.42 Å². The molecule has 0 saturated carbocycles. The van der Waals surface area contributed by atoms with Crippen molar-refractivity contribution >= 4 is 17.9 Å². The number of ether oxygens (including phenoxy) is 3. The van der Waals surface area contributed by atoms with Gasteiger partial charge >= 0.3 is 17.9 Å². The van der Waals surface area contributed by atoms with Gasteiger partial charge in [0, 0.05) is 20.3 Å². The van der Waals surface area contributed by atoms with Gasteiger partial charge in [0.25, 0.3) is 0 Å². The van der Waals surface area contributed by atoms with E-state index in [0.717, 1.165) is 27.8 Å². The number of esters is 3. The average molecular weight is 461 g/mol. The fourth-order valence-electron chi connectivity index (χ4n) is 3.71. The molecular formula is C28H28O6. The van der Waals surface area contributed by atoms with Gasteiger partial charge in [0.15, 0.2) is 0 Å². The van der Waals surface area contributed by atoms with Crippen LogP contribution in [-0.4, -0.2) is 17.9 Å². The van der Waals surface area contributed by atoms with Gasteiger partial charge in [-0.3, -0.25) is 14.4 Å². The second-order valence-corrected chi connectivity index (χ2v) is 8.07. The SMILES string of the molecule is CC(=O)Oc1c(C)cccc1CCC(=O)Oc1ccccc1Cc1cccc(C)c1OC(C)=O. The lowest BCUT2D eigenvalue weighted by Gasteiger charge is -2.14. The van der Waals surface area contributed by atoms with Gasteiger partial charge in [-0.05, 0) is 54.2 Å². The highest BCUT2D eigenvalue weighted by molar-refractivity contribution is 5.74. The predicted molar refractivity (Wildman–Crippen MR) is 128 cm³/mol. The highest BCUT2D eigenvalue weighted by Gasteiger charge is 2.16. The van der Waals surface area contributed by atoms with E-state index in [2.05, 4.69) is 0 Å². The Morgan fingerprint density at radius 2 is 1.18 bits per heavy atom. The number of carbonyl (C=O) groups is 3. The molecule has 3 aromatic rings. The van der Waals surface area contributed by atoms with Gasteiger partial charge in [-0.25, -0.2) is 0 Å². The molecule has 3 aromatic carbocycles. The van der Waals surface area contributed by atoms with Gasteiger partial charge < -0.3 is 14.2 Å². The third-order valence-corrected chi connectivity index (χ3v) is 5.25. The summed E-state index contributed by atoms with van der Waals surface area (Å²) in [6, 6.07) is 18.5. The predicted octanol–water partition coefficient (Wildman–Crippen LogP) is 5.28. The van der Waals surface area contributed by atoms with Crippen molar-refractivity contribution in [2.24, 2.45) is 0 Å². The van der Waals surface area contributed by atoms with Gasteiger partial charge in [-0.15, -0.1) is 0 Å². The second-order valence-electron chi connectivity index (χ2n) is 8.07. The Balaban J connectivity index is 1.74. The molecule has 0 aromatic heterocycles. The molecule has 3 rings (SSSR count). The maximum atomic E-state index is 12.7. The summed E-state index contributed by atoms with van der Waals surface area (Å²) < 4.78 is 16.4. The summed E-state index contributed by atoms with van der Waals surface area (Å²) in [6.45, 7) is 6.45. The molecule has 6 heteroatoms. The van der Waals surface area contributed by atoms with E-state index in [1.165, 1.54) is 13.8 Å². The monoisotopic (exact) mass is 460 g/mol. The standard InChI is InChI=1S/C28H28O6/c1-18-9-7-12-22(27(18)32-20(3)29)15-16-26(31)34-25-14-6-5-11-23(25)17-24-13-8-10-19(2)28(24)33-21(4)30/h5-14H,15-17H2,1-4H3. The highest BCUT2D eigenvalue weighted by Crippen LogP contribution is 2.30. The van der Waals surface area contributed by atoms with E-state index in [9.17, 15) is 14.4 Å². The number of rotatable bonds is 8. The number of carbonyl (C=O) groups excluding carboxylic acids is 3. The van der Waals surface area contributed by atoms with Crippen molar-refractivity contribution in [3.8, 4) is 17.2 Å². The Morgan fingerprint density at radius 3 is 1.79 bits per heavy atom. The zero-order valence-corrected chi connectivity index (χ0v) is 19.8. The molecule has 0 heterocycles. The molecule has 0 radical (unpaired) electrons. The molecule has 0 bridgehead atoms. The minimum atomic E-state index is -0.406. The topological polar surface area (TPSA) is 78.9 Å². The summed E-state index contributed by atoms with van der Waals surface area (Å²) in [5.41, 5.74) is 4.07. The Kier molecular flexibility index (Phi) is 8.19.